The van der Waals surface area contributed by atoms with E-state index >= 15 is 0 Å². The molecular weight excluding hydrogens is 184 g/mol. The van der Waals surface area contributed by atoms with Gasteiger partial charge >= 0.3 is 0 Å². The molecule has 0 atom stereocenters. The highest BCUT2D eigenvalue weighted by atomic mass is 79.9. The van der Waals surface area contributed by atoms with E-state index in [0.29, 0.717) is 0 Å². The first-order valence-corrected chi connectivity index (χ1v) is 4.44. The van der Waals surface area contributed by atoms with Gasteiger partial charge in [-0.05, 0) is 0 Å². The number of hydrogen-bond donors (Lipinski definition) is 1. The van der Waals surface area contributed by atoms with Crippen molar-refractivity contribution in [2.45, 2.75) is 0 Å². The van der Waals surface area contributed by atoms with Crippen LogP contribution in [-0.4, -0.2) is 24.1 Å². The summed E-state index contributed by atoms with van der Waals surface area (Å²) in [6.07, 6.45) is 0. The summed E-state index contributed by atoms with van der Waals surface area (Å²) in [5, 5.41) is 7.98. The van der Waals surface area contributed by atoms with Crippen molar-refractivity contribution in [3.63, 3.8) is 0 Å². The zero-order valence-corrected chi connectivity index (χ0v) is 5.87. The third kappa shape index (κ3) is 3.02. The highest BCUT2D eigenvalue weighted by Gasteiger charge is 2.02. The third-order valence-corrected chi connectivity index (χ3v) is 3.18. The molecule has 0 bridgehead atoms. The van der Waals surface area contributed by atoms with Gasteiger partial charge in [-0.1, -0.05) is 15.9 Å². The van der Waals surface area contributed by atoms with Crippen molar-refractivity contribution in [2.24, 2.45) is 0 Å². The first-order valence-electron chi connectivity index (χ1n) is 1.49. The molecule has 44 valence electrons. The van der Waals surface area contributed by atoms with E-state index in [1.807, 2.05) is 0 Å². The van der Waals surface area contributed by atoms with Gasteiger partial charge in [0, 0.05) is 0 Å². The van der Waals surface area contributed by atoms with Gasteiger partial charge in [-0.15, -0.1) is 0 Å². The number of halogens is 1. The zero-order chi connectivity index (χ0) is 5.91. The van der Waals surface area contributed by atoms with Crippen molar-refractivity contribution in [3.05, 3.63) is 0 Å². The number of aliphatic hydroxyl groups is 1. The van der Waals surface area contributed by atoms with Crippen LogP contribution < -0.4 is 0 Å². The average Bonchev–Trinajstić information content (AvgIpc) is 1.68. The molecule has 0 aromatic rings. The summed E-state index contributed by atoms with van der Waals surface area (Å²) in [6, 6.07) is 0. The molecule has 0 rings (SSSR count). The molecule has 0 saturated heterocycles. The van der Waals surface area contributed by atoms with Crippen LogP contribution in [0, 0.1) is 0 Å². The molecule has 5 heteroatoms. The van der Waals surface area contributed by atoms with Crippen LogP contribution in [0.5, 0.6) is 0 Å². The molecular formula is C2H5BrO3S. The standard InChI is InChI=1S/C2H5BrO3S/c3-1-7(5,6)2-4/h4H,1-2H2. The molecule has 0 fully saturated rings. The van der Waals surface area contributed by atoms with E-state index in [9.17, 15) is 8.42 Å². The second kappa shape index (κ2) is 2.64. The van der Waals surface area contributed by atoms with Gasteiger partial charge in [-0.25, -0.2) is 8.42 Å². The Balaban J connectivity index is 3.89. The average molecular weight is 189 g/mol. The van der Waals surface area contributed by atoms with Gasteiger partial charge in [-0.3, -0.25) is 0 Å². The second-order valence-electron chi connectivity index (χ2n) is 0.982. The molecule has 0 aliphatic carbocycles. The lowest BCUT2D eigenvalue weighted by molar-refractivity contribution is 0.359. The fourth-order valence-corrected chi connectivity index (χ4v) is 0.538. The molecule has 0 unspecified atom stereocenters. The molecule has 1 N–H and O–H groups in total. The summed E-state index contributed by atoms with van der Waals surface area (Å²) in [5.41, 5.74) is 0. The lowest BCUT2D eigenvalue weighted by Crippen LogP contribution is -2.04. The minimum Gasteiger partial charge on any atom is -0.380 e. The van der Waals surface area contributed by atoms with Crippen LogP contribution in [0.3, 0.4) is 0 Å². The van der Waals surface area contributed by atoms with E-state index in [-0.39, 0.29) is 4.66 Å². The SMILES string of the molecule is O=S(=O)(CO)CBr. The summed E-state index contributed by atoms with van der Waals surface area (Å²) in [7, 11) is -3.19. The van der Waals surface area contributed by atoms with E-state index in [4.69, 9.17) is 5.11 Å². The minimum absolute atomic E-state index is 0.170. The molecule has 0 spiro atoms. The van der Waals surface area contributed by atoms with Crippen molar-refractivity contribution in [1.82, 2.24) is 0 Å². The molecule has 7 heavy (non-hydrogen) atoms. The largest absolute Gasteiger partial charge is 0.380 e. The predicted molar refractivity (Wildman–Crippen MR) is 29.8 cm³/mol. The predicted octanol–water partition coefficient (Wildman–Crippen LogP) is -0.297. The van der Waals surface area contributed by atoms with Gasteiger partial charge in [0.15, 0.2) is 9.84 Å². The van der Waals surface area contributed by atoms with Crippen molar-refractivity contribution >= 4 is 25.8 Å². The molecule has 0 saturated carbocycles. The van der Waals surface area contributed by atoms with Crippen LogP contribution in [0.4, 0.5) is 0 Å². The lowest BCUT2D eigenvalue weighted by Gasteiger charge is -1.87. The number of hydrogen-bond acceptors (Lipinski definition) is 3. The first-order chi connectivity index (χ1) is 3.12. The molecule has 0 radical (unpaired) electrons. The Morgan fingerprint density at radius 1 is 1.57 bits per heavy atom. The van der Waals surface area contributed by atoms with Gasteiger partial charge in [0.1, 0.15) is 10.6 Å². The molecule has 0 heterocycles. The summed E-state index contributed by atoms with van der Waals surface area (Å²) >= 11 is 2.68. The van der Waals surface area contributed by atoms with E-state index < -0.39 is 15.8 Å². The lowest BCUT2D eigenvalue weighted by atomic mass is 11.7. The van der Waals surface area contributed by atoms with Crippen molar-refractivity contribution in [1.29, 1.82) is 0 Å². The van der Waals surface area contributed by atoms with Crippen LogP contribution >= 0.6 is 15.9 Å². The Hall–Kier alpha value is 0.390. The smallest absolute Gasteiger partial charge is 0.183 e. The second-order valence-corrected chi connectivity index (χ2v) is 4.32. The third-order valence-electron chi connectivity index (χ3n) is 0.363. The summed E-state index contributed by atoms with van der Waals surface area (Å²) < 4.78 is 20.0. The van der Waals surface area contributed by atoms with Crippen LogP contribution in [-0.2, 0) is 9.84 Å². The Morgan fingerprint density at radius 3 is 2.00 bits per heavy atom. The van der Waals surface area contributed by atoms with Gasteiger partial charge < -0.3 is 5.11 Å². The number of alkyl halides is 1. The quantitative estimate of drug-likeness (QED) is 0.607. The first kappa shape index (κ1) is 7.39. The maximum absolute atomic E-state index is 10.1. The Labute approximate surface area is 50.4 Å². The molecule has 0 aromatic heterocycles. The number of sulfone groups is 1. The maximum atomic E-state index is 10.1. The minimum atomic E-state index is -3.19. The van der Waals surface area contributed by atoms with Crippen molar-refractivity contribution in [2.75, 3.05) is 10.6 Å². The van der Waals surface area contributed by atoms with Crippen LogP contribution in [0.25, 0.3) is 0 Å². The highest BCUT2D eigenvalue weighted by Crippen LogP contribution is 1.91. The number of rotatable bonds is 2. The molecule has 0 amide bonds. The fraction of sp³-hybridized carbons (Fsp3) is 1.00. The normalized spacial score (nSPS) is 11.7. The van der Waals surface area contributed by atoms with Gasteiger partial charge in [0.05, 0.1) is 0 Å². The molecule has 0 aromatic carbocycles. The Kier molecular flexibility index (Phi) is 2.78. The van der Waals surface area contributed by atoms with E-state index in [0.717, 1.165) is 0 Å². The monoisotopic (exact) mass is 188 g/mol. The van der Waals surface area contributed by atoms with Gasteiger partial charge in [0.25, 0.3) is 0 Å². The fourth-order valence-electron chi connectivity index (χ4n) is 0.0345. The van der Waals surface area contributed by atoms with Gasteiger partial charge in [-0.2, -0.15) is 0 Å². The zero-order valence-electron chi connectivity index (χ0n) is 3.46. The van der Waals surface area contributed by atoms with Crippen molar-refractivity contribution < 1.29 is 13.5 Å². The van der Waals surface area contributed by atoms with E-state index in [2.05, 4.69) is 15.9 Å². The van der Waals surface area contributed by atoms with Gasteiger partial charge in [0.2, 0.25) is 0 Å². The van der Waals surface area contributed by atoms with Crippen LogP contribution in [0.1, 0.15) is 0 Å². The number of aliphatic hydroxyl groups excluding tert-OH is 1. The van der Waals surface area contributed by atoms with Crippen molar-refractivity contribution in [3.8, 4) is 0 Å². The van der Waals surface area contributed by atoms with E-state index in [1.54, 1.807) is 0 Å². The summed E-state index contributed by atoms with van der Waals surface area (Å²) in [5.74, 6) is -0.780. The summed E-state index contributed by atoms with van der Waals surface area (Å²) in [4.78, 5) is 0. The topological polar surface area (TPSA) is 54.4 Å². The molecule has 3 nitrogen and oxygen atoms in total. The molecule has 0 aliphatic heterocycles. The highest BCUT2D eigenvalue weighted by molar-refractivity contribution is 9.10. The Morgan fingerprint density at radius 2 is 2.00 bits per heavy atom. The van der Waals surface area contributed by atoms with Crippen LogP contribution in [0.15, 0.2) is 0 Å². The van der Waals surface area contributed by atoms with Crippen LogP contribution in [0.2, 0.25) is 0 Å². The Bertz CT molecular complexity index is 116. The maximum Gasteiger partial charge on any atom is 0.183 e. The molecule has 0 aliphatic rings. The summed E-state index contributed by atoms with van der Waals surface area (Å²) in [6.45, 7) is 0. The van der Waals surface area contributed by atoms with E-state index in [1.165, 1.54) is 0 Å².